The van der Waals surface area contributed by atoms with Gasteiger partial charge in [0.2, 0.25) is 0 Å². The van der Waals surface area contributed by atoms with Crippen LogP contribution < -0.4 is 0 Å². The summed E-state index contributed by atoms with van der Waals surface area (Å²) in [6.07, 6.45) is 65.0. The van der Waals surface area contributed by atoms with Crippen molar-refractivity contribution in [2.24, 2.45) is 0 Å². The summed E-state index contributed by atoms with van der Waals surface area (Å²) in [7, 11) is 0. The van der Waals surface area contributed by atoms with E-state index in [1.165, 1.54) is 135 Å². The number of allylic oxidation sites excluding steroid dienone is 11. The highest BCUT2D eigenvalue weighted by Gasteiger charge is 2.19. The Morgan fingerprint density at radius 2 is 0.683 bits per heavy atom. The van der Waals surface area contributed by atoms with Gasteiger partial charge in [0.05, 0.1) is 6.42 Å². The Balaban J connectivity index is 4.33. The zero-order valence-corrected chi connectivity index (χ0v) is 41.3. The molecule has 0 bridgehead atoms. The first-order valence-corrected chi connectivity index (χ1v) is 26.4. The second kappa shape index (κ2) is 51.5. The molecule has 0 rings (SSSR count). The molecule has 0 saturated carbocycles. The minimum atomic E-state index is -0.810. The molecule has 1 unspecified atom stereocenters. The van der Waals surface area contributed by atoms with Crippen LogP contribution in [0.3, 0.4) is 0 Å². The molecular formula is C57H98O6. The van der Waals surface area contributed by atoms with Gasteiger partial charge in [-0.2, -0.15) is 0 Å². The van der Waals surface area contributed by atoms with Crippen molar-refractivity contribution >= 4 is 17.9 Å². The van der Waals surface area contributed by atoms with Gasteiger partial charge in [-0.15, -0.1) is 0 Å². The molecule has 0 amide bonds. The number of carbonyl (C=O) groups excluding carboxylic acids is 3. The van der Waals surface area contributed by atoms with Crippen LogP contribution in [0.25, 0.3) is 0 Å². The molecule has 0 N–H and O–H groups in total. The molecular weight excluding hydrogens is 781 g/mol. The van der Waals surface area contributed by atoms with Gasteiger partial charge in [0.15, 0.2) is 6.10 Å². The Labute approximate surface area is 389 Å². The number of hydrogen-bond acceptors (Lipinski definition) is 6. The SMILES string of the molecule is CC/C=C\C/C=C\C/C=C\CCCCCCCCCCCC(=O)OCC(COC(=O)C/C=C\C/C=C\C/C=C\CC)OC(=O)CCCCCCCCCCCCCCCCCCC. The van der Waals surface area contributed by atoms with E-state index in [1.807, 2.05) is 6.08 Å². The molecule has 0 aliphatic rings. The summed E-state index contributed by atoms with van der Waals surface area (Å²) >= 11 is 0. The fourth-order valence-electron chi connectivity index (χ4n) is 7.34. The first kappa shape index (κ1) is 59.9. The lowest BCUT2D eigenvalue weighted by Gasteiger charge is -2.18. The van der Waals surface area contributed by atoms with Crippen LogP contribution in [0.15, 0.2) is 72.9 Å². The smallest absolute Gasteiger partial charge is 0.309 e. The highest BCUT2D eigenvalue weighted by atomic mass is 16.6. The van der Waals surface area contributed by atoms with Crippen LogP contribution in [-0.4, -0.2) is 37.2 Å². The number of carbonyl (C=O) groups is 3. The van der Waals surface area contributed by atoms with E-state index in [4.69, 9.17) is 14.2 Å². The molecule has 0 heterocycles. The van der Waals surface area contributed by atoms with Crippen LogP contribution in [0, 0.1) is 0 Å². The van der Waals surface area contributed by atoms with Gasteiger partial charge in [-0.05, 0) is 64.2 Å². The summed E-state index contributed by atoms with van der Waals surface area (Å²) in [5.74, 6) is -1.03. The van der Waals surface area contributed by atoms with Crippen molar-refractivity contribution in [3.05, 3.63) is 72.9 Å². The molecule has 6 heteroatoms. The summed E-state index contributed by atoms with van der Waals surface area (Å²) in [6, 6.07) is 0. The lowest BCUT2D eigenvalue weighted by atomic mass is 10.0. The third-order valence-corrected chi connectivity index (χ3v) is 11.2. The second-order valence-corrected chi connectivity index (χ2v) is 17.4. The highest BCUT2D eigenvalue weighted by molar-refractivity contribution is 5.72. The number of rotatable bonds is 47. The normalized spacial score (nSPS) is 12.6. The fraction of sp³-hybridized carbons (Fsp3) is 0.737. The fourth-order valence-corrected chi connectivity index (χ4v) is 7.34. The lowest BCUT2D eigenvalue weighted by Crippen LogP contribution is -2.30. The Kier molecular flexibility index (Phi) is 48.9. The van der Waals surface area contributed by atoms with Gasteiger partial charge in [0, 0.05) is 12.8 Å². The molecule has 0 saturated heterocycles. The number of ether oxygens (including phenoxy) is 3. The molecule has 0 aromatic heterocycles. The monoisotopic (exact) mass is 879 g/mol. The van der Waals surface area contributed by atoms with Gasteiger partial charge in [-0.3, -0.25) is 14.4 Å². The summed E-state index contributed by atoms with van der Waals surface area (Å²) in [5.41, 5.74) is 0. The van der Waals surface area contributed by atoms with Crippen LogP contribution in [-0.2, 0) is 28.6 Å². The Bertz CT molecular complexity index is 1190. The van der Waals surface area contributed by atoms with Gasteiger partial charge in [0.1, 0.15) is 13.2 Å². The van der Waals surface area contributed by atoms with E-state index in [2.05, 4.69) is 81.5 Å². The number of unbranched alkanes of at least 4 members (excludes halogenated alkanes) is 25. The van der Waals surface area contributed by atoms with Gasteiger partial charge < -0.3 is 14.2 Å². The maximum atomic E-state index is 12.8. The van der Waals surface area contributed by atoms with E-state index in [-0.39, 0.29) is 31.6 Å². The van der Waals surface area contributed by atoms with Crippen LogP contribution in [0.4, 0.5) is 0 Å². The maximum Gasteiger partial charge on any atom is 0.309 e. The molecule has 0 aliphatic heterocycles. The molecule has 0 aromatic rings. The minimum Gasteiger partial charge on any atom is -0.462 e. The minimum absolute atomic E-state index is 0.103. The predicted molar refractivity (Wildman–Crippen MR) is 270 cm³/mol. The van der Waals surface area contributed by atoms with E-state index in [0.29, 0.717) is 12.8 Å². The Morgan fingerprint density at radius 3 is 1.11 bits per heavy atom. The third kappa shape index (κ3) is 49.7. The van der Waals surface area contributed by atoms with Gasteiger partial charge in [-0.25, -0.2) is 0 Å². The van der Waals surface area contributed by atoms with Gasteiger partial charge >= 0.3 is 17.9 Å². The van der Waals surface area contributed by atoms with Crippen molar-refractivity contribution in [1.82, 2.24) is 0 Å². The van der Waals surface area contributed by atoms with Crippen LogP contribution >= 0.6 is 0 Å². The zero-order chi connectivity index (χ0) is 45.8. The van der Waals surface area contributed by atoms with Crippen molar-refractivity contribution in [2.75, 3.05) is 13.2 Å². The van der Waals surface area contributed by atoms with Crippen molar-refractivity contribution in [2.45, 2.75) is 258 Å². The first-order valence-electron chi connectivity index (χ1n) is 26.4. The third-order valence-electron chi connectivity index (χ3n) is 11.2. The maximum absolute atomic E-state index is 12.8. The molecule has 0 aliphatic carbocycles. The average molecular weight is 879 g/mol. The zero-order valence-electron chi connectivity index (χ0n) is 41.3. The van der Waals surface area contributed by atoms with E-state index < -0.39 is 12.1 Å². The van der Waals surface area contributed by atoms with Crippen LogP contribution in [0.2, 0.25) is 0 Å². The van der Waals surface area contributed by atoms with Crippen molar-refractivity contribution in [1.29, 1.82) is 0 Å². The predicted octanol–water partition coefficient (Wildman–Crippen LogP) is 17.4. The van der Waals surface area contributed by atoms with E-state index in [1.54, 1.807) is 6.08 Å². The average Bonchev–Trinajstić information content (AvgIpc) is 3.28. The van der Waals surface area contributed by atoms with Crippen LogP contribution in [0.1, 0.15) is 252 Å². The highest BCUT2D eigenvalue weighted by Crippen LogP contribution is 2.16. The van der Waals surface area contributed by atoms with Gasteiger partial charge in [-0.1, -0.05) is 241 Å². The van der Waals surface area contributed by atoms with E-state index >= 15 is 0 Å². The van der Waals surface area contributed by atoms with E-state index in [0.717, 1.165) is 77.0 Å². The first-order chi connectivity index (χ1) is 31.0. The molecule has 1 atom stereocenters. The molecule has 0 radical (unpaired) electrons. The topological polar surface area (TPSA) is 78.9 Å². The van der Waals surface area contributed by atoms with Crippen molar-refractivity contribution in [3.8, 4) is 0 Å². The number of hydrogen-bond donors (Lipinski definition) is 0. The summed E-state index contributed by atoms with van der Waals surface area (Å²) in [6.45, 7) is 6.33. The molecule has 362 valence electrons. The van der Waals surface area contributed by atoms with Crippen LogP contribution in [0.5, 0.6) is 0 Å². The van der Waals surface area contributed by atoms with E-state index in [9.17, 15) is 14.4 Å². The Morgan fingerprint density at radius 1 is 0.349 bits per heavy atom. The molecule has 63 heavy (non-hydrogen) atoms. The van der Waals surface area contributed by atoms with Crippen molar-refractivity contribution < 1.29 is 28.6 Å². The standard InChI is InChI=1S/C57H98O6/c1-4-7-10-13-16-19-21-23-25-27-28-30-31-33-35-38-41-44-47-50-56(59)62-53-54(52-61-55(58)49-46-43-40-37-18-15-12-9-6-3)63-57(60)51-48-45-42-39-36-34-32-29-26-24-22-20-17-14-11-8-5-2/h7,9-10,12,16,18-19,23,25,37,43,46,54H,4-6,8,11,13-15,17,20-22,24,26-36,38-42,44-45,47-53H2,1-3H3/b10-7-,12-9-,19-16-,25-23-,37-18-,46-43-. The summed E-state index contributed by atoms with van der Waals surface area (Å²) in [5, 5.41) is 0. The van der Waals surface area contributed by atoms with Crippen molar-refractivity contribution in [3.63, 3.8) is 0 Å². The molecule has 6 nitrogen and oxygen atoms in total. The Hall–Kier alpha value is -3.15. The largest absolute Gasteiger partial charge is 0.462 e. The van der Waals surface area contributed by atoms with Gasteiger partial charge in [0.25, 0.3) is 0 Å². The second-order valence-electron chi connectivity index (χ2n) is 17.4. The summed E-state index contributed by atoms with van der Waals surface area (Å²) in [4.78, 5) is 37.9. The number of esters is 3. The quantitative estimate of drug-likeness (QED) is 0.0262. The summed E-state index contributed by atoms with van der Waals surface area (Å²) < 4.78 is 16.7. The molecule has 0 spiro atoms. The molecule has 0 fully saturated rings. The lowest BCUT2D eigenvalue weighted by molar-refractivity contribution is -0.166. The molecule has 0 aromatic carbocycles.